The van der Waals surface area contributed by atoms with Gasteiger partial charge in [0.2, 0.25) is 0 Å². The minimum Gasteiger partial charge on any atom is -0.493 e. The number of pyridine rings is 1. The van der Waals surface area contributed by atoms with Gasteiger partial charge >= 0.3 is 0 Å². The molecule has 1 saturated carbocycles. The van der Waals surface area contributed by atoms with E-state index >= 15 is 0 Å². The number of ether oxygens (including phenoxy) is 1. The Bertz CT molecular complexity index is 704. The molecule has 0 spiro atoms. The molecule has 3 nitrogen and oxygen atoms in total. The van der Waals surface area contributed by atoms with Crippen LogP contribution in [0.15, 0.2) is 41.2 Å². The van der Waals surface area contributed by atoms with Crippen molar-refractivity contribution in [2.24, 2.45) is 0 Å². The summed E-state index contributed by atoms with van der Waals surface area (Å²) in [4.78, 5) is 12.6. The van der Waals surface area contributed by atoms with Gasteiger partial charge in [-0.25, -0.2) is 0 Å². The van der Waals surface area contributed by atoms with Gasteiger partial charge in [0.15, 0.2) is 0 Å². The van der Waals surface area contributed by atoms with E-state index < -0.39 is 0 Å². The van der Waals surface area contributed by atoms with Crippen molar-refractivity contribution in [3.63, 3.8) is 0 Å². The molecule has 0 aliphatic heterocycles. The van der Waals surface area contributed by atoms with Crippen LogP contribution in [0, 0.1) is 0 Å². The number of nitrogens with zero attached hydrogens (tertiary/aromatic N) is 1. The van der Waals surface area contributed by atoms with Crippen LogP contribution in [0.1, 0.15) is 31.4 Å². The van der Waals surface area contributed by atoms with E-state index in [0.717, 1.165) is 29.8 Å². The molecule has 3 rings (SSSR count). The second-order valence-corrected chi connectivity index (χ2v) is 5.48. The van der Waals surface area contributed by atoms with Crippen molar-refractivity contribution in [3.05, 3.63) is 52.3 Å². The summed E-state index contributed by atoms with van der Waals surface area (Å²) < 4.78 is 7.59. The van der Waals surface area contributed by atoms with E-state index in [9.17, 15) is 4.79 Å². The molecule has 21 heavy (non-hydrogen) atoms. The maximum atomic E-state index is 12.6. The third kappa shape index (κ3) is 2.70. The van der Waals surface area contributed by atoms with Crippen LogP contribution in [0.3, 0.4) is 0 Å². The first-order chi connectivity index (χ1) is 10.3. The highest BCUT2D eigenvalue weighted by molar-refractivity contribution is 6.17. The average Bonchev–Trinajstić information content (AvgIpc) is 3.32. The maximum Gasteiger partial charge on any atom is 0.255 e. The van der Waals surface area contributed by atoms with E-state index in [-0.39, 0.29) is 11.4 Å². The summed E-state index contributed by atoms with van der Waals surface area (Å²) in [6.45, 7) is 2.56. The van der Waals surface area contributed by atoms with Crippen LogP contribution in [-0.4, -0.2) is 11.2 Å². The van der Waals surface area contributed by atoms with Crippen LogP contribution < -0.4 is 10.3 Å². The first kappa shape index (κ1) is 14.2. The van der Waals surface area contributed by atoms with Crippen molar-refractivity contribution >= 4 is 11.6 Å². The van der Waals surface area contributed by atoms with Crippen molar-refractivity contribution in [3.8, 4) is 17.0 Å². The molecule has 0 N–H and O–H groups in total. The first-order valence-corrected chi connectivity index (χ1v) is 7.82. The Kier molecular flexibility index (Phi) is 4.02. The Hall–Kier alpha value is -1.74. The Morgan fingerprint density at radius 3 is 2.67 bits per heavy atom. The smallest absolute Gasteiger partial charge is 0.255 e. The van der Waals surface area contributed by atoms with Gasteiger partial charge in [0.25, 0.3) is 5.56 Å². The molecule has 0 unspecified atom stereocenters. The summed E-state index contributed by atoms with van der Waals surface area (Å²) in [5.74, 6) is 1.06. The molecule has 0 atom stereocenters. The monoisotopic (exact) mass is 303 g/mol. The molecule has 0 bridgehead atoms. The molecule has 4 heteroatoms. The zero-order chi connectivity index (χ0) is 14.8. The normalized spacial score (nSPS) is 14.2. The third-order valence-corrected chi connectivity index (χ3v) is 4.00. The van der Waals surface area contributed by atoms with Gasteiger partial charge in [-0.1, -0.05) is 18.2 Å². The molecule has 0 saturated heterocycles. The number of halogens is 1. The molecule has 0 amide bonds. The van der Waals surface area contributed by atoms with Crippen LogP contribution >= 0.6 is 11.6 Å². The second kappa shape index (κ2) is 5.94. The van der Waals surface area contributed by atoms with Crippen LogP contribution in [0.2, 0.25) is 0 Å². The fraction of sp³-hybridized carbons (Fsp3) is 0.353. The van der Waals surface area contributed by atoms with Crippen molar-refractivity contribution in [2.45, 2.75) is 31.7 Å². The number of benzene rings is 1. The third-order valence-electron chi connectivity index (χ3n) is 3.71. The SMILES string of the molecule is CCOc1ccccc1-c1ccc(CCl)c(=O)n1C1CC1. The first-order valence-electron chi connectivity index (χ1n) is 7.28. The predicted octanol–water partition coefficient (Wildman–Crippen LogP) is 3.99. The minimum absolute atomic E-state index is 0.0244. The maximum absolute atomic E-state index is 12.6. The highest BCUT2D eigenvalue weighted by Crippen LogP contribution is 2.39. The fourth-order valence-electron chi connectivity index (χ4n) is 2.57. The highest BCUT2D eigenvalue weighted by Gasteiger charge is 2.28. The quantitative estimate of drug-likeness (QED) is 0.782. The Morgan fingerprint density at radius 2 is 2.00 bits per heavy atom. The molecular formula is C17H18ClNO2. The summed E-state index contributed by atoms with van der Waals surface area (Å²) in [6.07, 6.45) is 2.10. The van der Waals surface area contributed by atoms with Crippen LogP contribution in [-0.2, 0) is 5.88 Å². The van der Waals surface area contributed by atoms with E-state index in [1.54, 1.807) is 0 Å². The predicted molar refractivity (Wildman–Crippen MR) is 85.1 cm³/mol. The van der Waals surface area contributed by atoms with E-state index in [2.05, 4.69) is 0 Å². The van der Waals surface area contributed by atoms with Crippen LogP contribution in [0.4, 0.5) is 0 Å². The van der Waals surface area contributed by atoms with Crippen molar-refractivity contribution < 1.29 is 4.74 Å². The van der Waals surface area contributed by atoms with Gasteiger partial charge < -0.3 is 9.30 Å². The number of para-hydroxylation sites is 1. The average molecular weight is 304 g/mol. The summed E-state index contributed by atoms with van der Waals surface area (Å²) >= 11 is 5.87. The molecule has 1 aliphatic carbocycles. The lowest BCUT2D eigenvalue weighted by Gasteiger charge is -2.16. The topological polar surface area (TPSA) is 31.2 Å². The van der Waals surface area contributed by atoms with E-state index in [1.165, 1.54) is 0 Å². The van der Waals surface area contributed by atoms with Gasteiger partial charge in [-0.3, -0.25) is 4.79 Å². The highest BCUT2D eigenvalue weighted by atomic mass is 35.5. The Balaban J connectivity index is 2.19. The molecule has 1 aromatic carbocycles. The summed E-state index contributed by atoms with van der Waals surface area (Å²) in [5, 5.41) is 0. The zero-order valence-electron chi connectivity index (χ0n) is 12.0. The molecule has 1 aromatic heterocycles. The number of rotatable bonds is 5. The molecule has 1 fully saturated rings. The van der Waals surface area contributed by atoms with E-state index in [0.29, 0.717) is 18.2 Å². The molecule has 1 heterocycles. The lowest BCUT2D eigenvalue weighted by atomic mass is 10.1. The van der Waals surface area contributed by atoms with Gasteiger partial charge in [-0.15, -0.1) is 11.6 Å². The molecule has 0 radical (unpaired) electrons. The number of hydrogen-bond donors (Lipinski definition) is 0. The standard InChI is InChI=1S/C17H18ClNO2/c1-2-21-16-6-4-3-5-14(16)15-10-7-12(11-18)17(20)19(15)13-8-9-13/h3-7,10,13H,2,8-9,11H2,1H3. The summed E-state index contributed by atoms with van der Waals surface area (Å²) in [5.41, 5.74) is 2.56. The molecular weight excluding hydrogens is 286 g/mol. The largest absolute Gasteiger partial charge is 0.493 e. The Morgan fingerprint density at radius 1 is 1.24 bits per heavy atom. The second-order valence-electron chi connectivity index (χ2n) is 5.21. The number of alkyl halides is 1. The number of hydrogen-bond acceptors (Lipinski definition) is 2. The van der Waals surface area contributed by atoms with Gasteiger partial charge in [-0.2, -0.15) is 0 Å². The summed E-state index contributed by atoms with van der Waals surface area (Å²) in [7, 11) is 0. The van der Waals surface area contributed by atoms with Crippen LogP contribution in [0.5, 0.6) is 5.75 Å². The van der Waals surface area contributed by atoms with Gasteiger partial charge in [-0.05, 0) is 38.0 Å². The Labute approximate surface area is 129 Å². The zero-order valence-corrected chi connectivity index (χ0v) is 12.8. The summed E-state index contributed by atoms with van der Waals surface area (Å²) in [6, 6.07) is 12.0. The molecule has 2 aromatic rings. The number of aromatic nitrogens is 1. The molecule has 1 aliphatic rings. The van der Waals surface area contributed by atoms with E-state index in [1.807, 2.05) is 47.9 Å². The van der Waals surface area contributed by atoms with Gasteiger partial charge in [0.05, 0.1) is 18.2 Å². The van der Waals surface area contributed by atoms with E-state index in [4.69, 9.17) is 16.3 Å². The van der Waals surface area contributed by atoms with Crippen molar-refractivity contribution in [2.75, 3.05) is 6.61 Å². The fourth-order valence-corrected chi connectivity index (χ4v) is 2.77. The van der Waals surface area contributed by atoms with Crippen LogP contribution in [0.25, 0.3) is 11.3 Å². The van der Waals surface area contributed by atoms with Crippen molar-refractivity contribution in [1.82, 2.24) is 4.57 Å². The molecule has 110 valence electrons. The lowest BCUT2D eigenvalue weighted by Crippen LogP contribution is -2.23. The van der Waals surface area contributed by atoms with Gasteiger partial charge in [0, 0.05) is 17.2 Å². The van der Waals surface area contributed by atoms with Gasteiger partial charge in [0.1, 0.15) is 5.75 Å². The lowest BCUT2D eigenvalue weighted by molar-refractivity contribution is 0.341. The minimum atomic E-state index is 0.0244. The van der Waals surface area contributed by atoms with Crippen molar-refractivity contribution in [1.29, 1.82) is 0 Å².